The zero-order chi connectivity index (χ0) is 17.4. The molecule has 1 unspecified atom stereocenters. The summed E-state index contributed by atoms with van der Waals surface area (Å²) in [5.41, 5.74) is 1.79. The fraction of sp³-hybridized carbons (Fsp3) is 0.609. The van der Waals surface area contributed by atoms with Crippen LogP contribution < -0.4 is 0 Å². The van der Waals surface area contributed by atoms with E-state index in [-0.39, 0.29) is 0 Å². The molecule has 138 valence electrons. The van der Waals surface area contributed by atoms with E-state index in [0.29, 0.717) is 11.5 Å². The first-order chi connectivity index (χ1) is 12.8. The average Bonchev–Trinajstić information content (AvgIpc) is 3.14. The van der Waals surface area contributed by atoms with Crippen molar-refractivity contribution in [2.75, 3.05) is 6.61 Å². The van der Waals surface area contributed by atoms with Gasteiger partial charge in [-0.15, -0.1) is 0 Å². The van der Waals surface area contributed by atoms with Gasteiger partial charge in [0.2, 0.25) is 0 Å². The second-order valence-corrected chi connectivity index (χ2v) is 9.13. The molecule has 26 heavy (non-hydrogen) atoms. The van der Waals surface area contributed by atoms with Crippen LogP contribution in [0.25, 0.3) is 0 Å². The van der Waals surface area contributed by atoms with Crippen molar-refractivity contribution < 1.29 is 4.74 Å². The molecule has 0 spiro atoms. The topological polar surface area (TPSA) is 27.1 Å². The van der Waals surface area contributed by atoms with Gasteiger partial charge in [0.05, 0.1) is 25.6 Å². The summed E-state index contributed by atoms with van der Waals surface area (Å²) >= 11 is 0. The Morgan fingerprint density at radius 2 is 1.73 bits per heavy atom. The highest BCUT2D eigenvalue weighted by Gasteiger charge is 2.54. The lowest BCUT2D eigenvalue weighted by atomic mass is 9.48. The Morgan fingerprint density at radius 1 is 1.04 bits per heavy atom. The van der Waals surface area contributed by atoms with Gasteiger partial charge in [-0.3, -0.25) is 0 Å². The van der Waals surface area contributed by atoms with Crippen LogP contribution in [0.3, 0.4) is 0 Å². The Labute approximate surface area is 156 Å². The summed E-state index contributed by atoms with van der Waals surface area (Å²) in [5.74, 6) is 2.89. The van der Waals surface area contributed by atoms with Gasteiger partial charge in [-0.25, -0.2) is 4.98 Å². The second kappa shape index (κ2) is 6.84. The molecule has 4 fully saturated rings. The van der Waals surface area contributed by atoms with Crippen LogP contribution in [0.4, 0.5) is 0 Å². The Morgan fingerprint density at radius 3 is 2.35 bits per heavy atom. The molecule has 2 aromatic rings. The van der Waals surface area contributed by atoms with Crippen molar-refractivity contribution in [2.45, 2.75) is 57.6 Å². The van der Waals surface area contributed by atoms with Crippen LogP contribution in [-0.4, -0.2) is 22.3 Å². The number of hydrogen-bond acceptors (Lipinski definition) is 2. The molecule has 4 saturated carbocycles. The number of benzene rings is 1. The van der Waals surface area contributed by atoms with Crippen LogP contribution in [-0.2, 0) is 17.7 Å². The summed E-state index contributed by atoms with van der Waals surface area (Å²) in [4.78, 5) is 4.26. The van der Waals surface area contributed by atoms with Gasteiger partial charge in [-0.2, -0.15) is 0 Å². The van der Waals surface area contributed by atoms with Gasteiger partial charge in [0.1, 0.15) is 0 Å². The number of imidazole rings is 1. The number of ether oxygens (including phenoxy) is 1. The maximum atomic E-state index is 6.66. The molecular formula is C23H30N2O. The van der Waals surface area contributed by atoms with Crippen LogP contribution in [0.15, 0.2) is 49.1 Å². The number of rotatable bonds is 7. The van der Waals surface area contributed by atoms with Crippen molar-refractivity contribution >= 4 is 0 Å². The summed E-state index contributed by atoms with van der Waals surface area (Å²) < 4.78 is 8.88. The first kappa shape index (κ1) is 16.6. The standard InChI is InChI=1S/C23H30N2O/c1-2-4-18(5-3-1)6-9-26-22(16-25-8-7-24-17-25)23-13-19-10-20(14-23)12-21(11-19)15-23/h1-5,7-8,17,19-22H,6,9-16H2. The smallest absolute Gasteiger partial charge is 0.0946 e. The van der Waals surface area contributed by atoms with Gasteiger partial charge in [0.15, 0.2) is 0 Å². The minimum atomic E-state index is 0.328. The first-order valence-corrected chi connectivity index (χ1v) is 10.4. The molecule has 1 aromatic carbocycles. The van der Waals surface area contributed by atoms with Crippen LogP contribution in [0, 0.1) is 23.2 Å². The van der Waals surface area contributed by atoms with Gasteiger partial charge in [0.25, 0.3) is 0 Å². The molecule has 0 aliphatic heterocycles. The average molecular weight is 351 g/mol. The van der Waals surface area contributed by atoms with Crippen molar-refractivity contribution in [1.82, 2.24) is 9.55 Å². The molecule has 4 aliphatic rings. The highest BCUT2D eigenvalue weighted by molar-refractivity contribution is 5.14. The van der Waals surface area contributed by atoms with Crippen molar-refractivity contribution in [1.29, 1.82) is 0 Å². The third-order valence-electron chi connectivity index (χ3n) is 7.26. The normalized spacial score (nSPS) is 33.5. The van der Waals surface area contributed by atoms with Gasteiger partial charge in [0, 0.05) is 12.4 Å². The van der Waals surface area contributed by atoms with Crippen molar-refractivity contribution in [3.63, 3.8) is 0 Å². The molecule has 0 saturated heterocycles. The summed E-state index contributed by atoms with van der Waals surface area (Å²) in [6.07, 6.45) is 15.9. The van der Waals surface area contributed by atoms with E-state index in [1.807, 2.05) is 12.5 Å². The fourth-order valence-electron chi connectivity index (χ4n) is 6.55. The molecule has 3 heteroatoms. The van der Waals surface area contributed by atoms with Crippen molar-refractivity contribution in [2.24, 2.45) is 23.2 Å². The zero-order valence-electron chi connectivity index (χ0n) is 15.6. The molecule has 0 radical (unpaired) electrons. The third kappa shape index (κ3) is 3.22. The second-order valence-electron chi connectivity index (χ2n) is 9.13. The maximum absolute atomic E-state index is 6.66. The zero-order valence-corrected chi connectivity index (χ0v) is 15.6. The summed E-state index contributed by atoms with van der Waals surface area (Å²) in [6, 6.07) is 10.7. The number of aromatic nitrogens is 2. The molecule has 1 atom stereocenters. The monoisotopic (exact) mass is 350 g/mol. The molecule has 1 aromatic heterocycles. The van der Waals surface area contributed by atoms with E-state index in [9.17, 15) is 0 Å². The molecule has 3 nitrogen and oxygen atoms in total. The van der Waals surface area contributed by atoms with E-state index in [1.165, 1.54) is 44.1 Å². The molecule has 4 aliphatic carbocycles. The van der Waals surface area contributed by atoms with Gasteiger partial charge in [-0.05, 0) is 73.7 Å². The maximum Gasteiger partial charge on any atom is 0.0946 e. The van der Waals surface area contributed by atoms with Crippen LogP contribution in [0.5, 0.6) is 0 Å². The molecule has 1 heterocycles. The Hall–Kier alpha value is -1.61. The Bertz CT molecular complexity index is 674. The number of nitrogens with zero attached hydrogens (tertiary/aromatic N) is 2. The molecule has 6 rings (SSSR count). The first-order valence-electron chi connectivity index (χ1n) is 10.4. The van der Waals surface area contributed by atoms with Gasteiger partial charge in [-0.1, -0.05) is 30.3 Å². The van der Waals surface area contributed by atoms with E-state index >= 15 is 0 Å². The lowest BCUT2D eigenvalue weighted by Gasteiger charge is -2.59. The Kier molecular flexibility index (Phi) is 4.36. The van der Waals surface area contributed by atoms with Gasteiger partial charge >= 0.3 is 0 Å². The third-order valence-corrected chi connectivity index (χ3v) is 7.26. The van der Waals surface area contributed by atoms with E-state index in [2.05, 4.69) is 46.1 Å². The van der Waals surface area contributed by atoms with Crippen LogP contribution in [0.1, 0.15) is 44.1 Å². The highest BCUT2D eigenvalue weighted by Crippen LogP contribution is 2.61. The van der Waals surface area contributed by atoms with E-state index in [0.717, 1.165) is 37.3 Å². The van der Waals surface area contributed by atoms with E-state index in [4.69, 9.17) is 4.74 Å². The summed E-state index contributed by atoms with van der Waals surface area (Å²) in [7, 11) is 0. The minimum Gasteiger partial charge on any atom is -0.375 e. The SMILES string of the molecule is c1ccc(CCOC(Cn2ccnc2)C23CC4CC(CC(C4)C2)C3)cc1. The molecule has 4 bridgehead atoms. The van der Waals surface area contributed by atoms with Gasteiger partial charge < -0.3 is 9.30 Å². The predicted octanol–water partition coefficient (Wildman–Crippen LogP) is 4.73. The molecule has 0 amide bonds. The van der Waals surface area contributed by atoms with Crippen molar-refractivity contribution in [3.8, 4) is 0 Å². The molecular weight excluding hydrogens is 320 g/mol. The predicted molar refractivity (Wildman–Crippen MR) is 103 cm³/mol. The van der Waals surface area contributed by atoms with Crippen LogP contribution >= 0.6 is 0 Å². The largest absolute Gasteiger partial charge is 0.375 e. The van der Waals surface area contributed by atoms with Crippen LogP contribution in [0.2, 0.25) is 0 Å². The Balaban J connectivity index is 1.32. The quantitative estimate of drug-likeness (QED) is 0.722. The highest BCUT2D eigenvalue weighted by atomic mass is 16.5. The fourth-order valence-corrected chi connectivity index (χ4v) is 6.55. The number of hydrogen-bond donors (Lipinski definition) is 0. The summed E-state index contributed by atoms with van der Waals surface area (Å²) in [6.45, 7) is 1.78. The van der Waals surface area contributed by atoms with E-state index in [1.54, 1.807) is 0 Å². The summed E-state index contributed by atoms with van der Waals surface area (Å²) in [5, 5.41) is 0. The molecule has 0 N–H and O–H groups in total. The van der Waals surface area contributed by atoms with E-state index < -0.39 is 0 Å². The lowest BCUT2D eigenvalue weighted by Crippen LogP contribution is -2.53. The lowest BCUT2D eigenvalue weighted by molar-refractivity contribution is -0.146. The van der Waals surface area contributed by atoms with Crippen molar-refractivity contribution in [3.05, 3.63) is 54.6 Å². The minimum absolute atomic E-state index is 0.328.